The van der Waals surface area contributed by atoms with E-state index in [9.17, 15) is 0 Å². The largest absolute Gasteiger partial charge is 0.488 e. The number of hydrogen-bond donors (Lipinski definition) is 1. The average Bonchev–Trinajstić information content (AvgIpc) is 2.88. The van der Waals surface area contributed by atoms with Gasteiger partial charge in [0.25, 0.3) is 0 Å². The van der Waals surface area contributed by atoms with Crippen molar-refractivity contribution < 1.29 is 4.74 Å². The summed E-state index contributed by atoms with van der Waals surface area (Å²) in [4.78, 5) is 5.15. The SMILES string of the molecule is CC(N)CCc1ccc(OCc2cncs2)cc1. The fraction of sp³-hybridized carbons (Fsp3) is 0.357. The third-order valence-corrected chi connectivity index (χ3v) is 3.43. The number of aromatic nitrogens is 1. The molecule has 1 aromatic heterocycles. The van der Waals surface area contributed by atoms with Crippen LogP contribution in [0.15, 0.2) is 36.0 Å². The summed E-state index contributed by atoms with van der Waals surface area (Å²) in [6.07, 6.45) is 3.87. The van der Waals surface area contributed by atoms with Crippen molar-refractivity contribution in [1.29, 1.82) is 0 Å². The number of rotatable bonds is 6. The van der Waals surface area contributed by atoms with Gasteiger partial charge in [0, 0.05) is 12.2 Å². The van der Waals surface area contributed by atoms with Crippen LogP contribution in [0.1, 0.15) is 23.8 Å². The zero-order valence-corrected chi connectivity index (χ0v) is 11.3. The van der Waals surface area contributed by atoms with Crippen LogP contribution >= 0.6 is 11.3 Å². The Morgan fingerprint density at radius 1 is 1.33 bits per heavy atom. The van der Waals surface area contributed by atoms with E-state index in [0.29, 0.717) is 6.61 Å². The Kier molecular flexibility index (Phi) is 4.73. The van der Waals surface area contributed by atoms with E-state index in [1.807, 2.05) is 30.8 Å². The van der Waals surface area contributed by atoms with Gasteiger partial charge in [-0.05, 0) is 37.5 Å². The molecule has 0 saturated heterocycles. The predicted octanol–water partition coefficient (Wildman–Crippen LogP) is 3.00. The highest BCUT2D eigenvalue weighted by Gasteiger charge is 2.00. The van der Waals surface area contributed by atoms with Gasteiger partial charge in [0.2, 0.25) is 0 Å². The van der Waals surface area contributed by atoms with E-state index in [2.05, 4.69) is 17.1 Å². The molecule has 0 aliphatic heterocycles. The summed E-state index contributed by atoms with van der Waals surface area (Å²) < 4.78 is 5.68. The van der Waals surface area contributed by atoms with Crippen molar-refractivity contribution in [2.24, 2.45) is 5.73 Å². The minimum atomic E-state index is 0.257. The van der Waals surface area contributed by atoms with Crippen LogP contribution in [0, 0.1) is 0 Å². The number of nitrogens with two attached hydrogens (primary N) is 1. The zero-order valence-electron chi connectivity index (χ0n) is 10.5. The van der Waals surface area contributed by atoms with E-state index >= 15 is 0 Å². The summed E-state index contributed by atoms with van der Waals surface area (Å²) in [5.74, 6) is 0.896. The average molecular weight is 262 g/mol. The molecule has 96 valence electrons. The molecule has 2 N–H and O–H groups in total. The maximum absolute atomic E-state index is 5.74. The van der Waals surface area contributed by atoms with E-state index < -0.39 is 0 Å². The molecule has 2 aromatic rings. The highest BCUT2D eigenvalue weighted by molar-refractivity contribution is 7.09. The van der Waals surface area contributed by atoms with Crippen molar-refractivity contribution in [3.05, 3.63) is 46.4 Å². The Morgan fingerprint density at radius 2 is 2.11 bits per heavy atom. The van der Waals surface area contributed by atoms with E-state index in [1.54, 1.807) is 11.3 Å². The predicted molar refractivity (Wildman–Crippen MR) is 74.9 cm³/mol. The summed E-state index contributed by atoms with van der Waals surface area (Å²) in [7, 11) is 0. The van der Waals surface area contributed by atoms with Gasteiger partial charge in [-0.15, -0.1) is 11.3 Å². The van der Waals surface area contributed by atoms with Gasteiger partial charge in [-0.2, -0.15) is 0 Å². The van der Waals surface area contributed by atoms with Gasteiger partial charge in [-0.1, -0.05) is 12.1 Å². The Morgan fingerprint density at radius 3 is 2.72 bits per heavy atom. The summed E-state index contributed by atoms with van der Waals surface area (Å²) >= 11 is 1.61. The second-order valence-electron chi connectivity index (χ2n) is 4.42. The fourth-order valence-corrected chi connectivity index (χ4v) is 2.12. The molecule has 0 aliphatic rings. The molecule has 4 heteroatoms. The minimum absolute atomic E-state index is 0.257. The van der Waals surface area contributed by atoms with Crippen molar-refractivity contribution in [2.45, 2.75) is 32.4 Å². The molecule has 1 heterocycles. The third kappa shape index (κ3) is 4.13. The number of hydrogen-bond acceptors (Lipinski definition) is 4. The molecule has 2 rings (SSSR count). The maximum atomic E-state index is 5.74. The van der Waals surface area contributed by atoms with Gasteiger partial charge in [0.15, 0.2) is 0 Å². The zero-order chi connectivity index (χ0) is 12.8. The molecule has 1 unspecified atom stereocenters. The van der Waals surface area contributed by atoms with Gasteiger partial charge in [0.1, 0.15) is 12.4 Å². The van der Waals surface area contributed by atoms with Gasteiger partial charge < -0.3 is 10.5 Å². The number of aryl methyl sites for hydroxylation is 1. The highest BCUT2D eigenvalue weighted by atomic mass is 32.1. The first-order valence-corrected chi connectivity index (χ1v) is 6.96. The smallest absolute Gasteiger partial charge is 0.124 e. The second kappa shape index (κ2) is 6.52. The van der Waals surface area contributed by atoms with Crippen LogP contribution in [0.4, 0.5) is 0 Å². The van der Waals surface area contributed by atoms with E-state index in [4.69, 9.17) is 10.5 Å². The molecule has 0 spiro atoms. The maximum Gasteiger partial charge on any atom is 0.124 e. The van der Waals surface area contributed by atoms with E-state index in [1.165, 1.54) is 5.56 Å². The number of thiazole rings is 1. The number of ether oxygens (including phenoxy) is 1. The van der Waals surface area contributed by atoms with Crippen LogP contribution in [0.25, 0.3) is 0 Å². The first-order valence-electron chi connectivity index (χ1n) is 6.09. The summed E-state index contributed by atoms with van der Waals surface area (Å²) in [6, 6.07) is 8.48. The van der Waals surface area contributed by atoms with Crippen LogP contribution in [0.2, 0.25) is 0 Å². The summed E-state index contributed by atoms with van der Waals surface area (Å²) in [5, 5.41) is 0. The van der Waals surface area contributed by atoms with Gasteiger partial charge in [-0.3, -0.25) is 4.98 Å². The Bertz CT molecular complexity index is 451. The van der Waals surface area contributed by atoms with Crippen molar-refractivity contribution in [1.82, 2.24) is 4.98 Å². The highest BCUT2D eigenvalue weighted by Crippen LogP contribution is 2.16. The molecule has 1 atom stereocenters. The summed E-state index contributed by atoms with van der Waals surface area (Å²) in [6.45, 7) is 2.62. The lowest BCUT2D eigenvalue weighted by atomic mass is 10.1. The molecule has 0 fully saturated rings. The quantitative estimate of drug-likeness (QED) is 0.870. The molecule has 0 bridgehead atoms. The van der Waals surface area contributed by atoms with Crippen molar-refractivity contribution in [2.75, 3.05) is 0 Å². The van der Waals surface area contributed by atoms with Crippen LogP contribution < -0.4 is 10.5 Å². The molecule has 0 aliphatic carbocycles. The van der Waals surface area contributed by atoms with Crippen molar-refractivity contribution in [3.8, 4) is 5.75 Å². The Labute approximate surface area is 112 Å². The third-order valence-electron chi connectivity index (χ3n) is 2.68. The molecule has 0 saturated carbocycles. The number of nitrogens with zero attached hydrogens (tertiary/aromatic N) is 1. The summed E-state index contributed by atoms with van der Waals surface area (Å²) in [5.41, 5.74) is 8.86. The van der Waals surface area contributed by atoms with Crippen molar-refractivity contribution >= 4 is 11.3 Å². The van der Waals surface area contributed by atoms with Crippen LogP contribution in [0.3, 0.4) is 0 Å². The fourth-order valence-electron chi connectivity index (χ4n) is 1.61. The van der Waals surface area contributed by atoms with Crippen LogP contribution in [0.5, 0.6) is 5.75 Å². The molecule has 18 heavy (non-hydrogen) atoms. The topological polar surface area (TPSA) is 48.1 Å². The molecular formula is C14H18N2OS. The van der Waals surface area contributed by atoms with Gasteiger partial charge in [-0.25, -0.2) is 0 Å². The molecule has 0 amide bonds. The molecule has 1 aromatic carbocycles. The van der Waals surface area contributed by atoms with Gasteiger partial charge in [0.05, 0.1) is 10.4 Å². The van der Waals surface area contributed by atoms with Crippen LogP contribution in [-0.4, -0.2) is 11.0 Å². The second-order valence-corrected chi connectivity index (χ2v) is 5.39. The Hall–Kier alpha value is -1.39. The van der Waals surface area contributed by atoms with E-state index in [-0.39, 0.29) is 6.04 Å². The lowest BCUT2D eigenvalue weighted by Gasteiger charge is -2.07. The molecule has 3 nitrogen and oxygen atoms in total. The molecule has 0 radical (unpaired) electrons. The lowest BCUT2D eigenvalue weighted by molar-refractivity contribution is 0.309. The van der Waals surface area contributed by atoms with Crippen LogP contribution in [-0.2, 0) is 13.0 Å². The Balaban J connectivity index is 1.83. The standard InChI is InChI=1S/C14H18N2OS/c1-11(15)2-3-12-4-6-13(7-5-12)17-9-14-8-16-10-18-14/h4-8,10-11H,2-3,9,15H2,1H3. The first-order chi connectivity index (χ1) is 8.74. The monoisotopic (exact) mass is 262 g/mol. The normalized spacial score (nSPS) is 12.3. The first kappa shape index (κ1) is 13.1. The van der Waals surface area contributed by atoms with Crippen molar-refractivity contribution in [3.63, 3.8) is 0 Å². The molecular weight excluding hydrogens is 244 g/mol. The lowest BCUT2D eigenvalue weighted by Crippen LogP contribution is -2.15. The minimum Gasteiger partial charge on any atom is -0.488 e. The van der Waals surface area contributed by atoms with Gasteiger partial charge >= 0.3 is 0 Å². The van der Waals surface area contributed by atoms with E-state index in [0.717, 1.165) is 23.5 Å². The number of benzene rings is 1.